The summed E-state index contributed by atoms with van der Waals surface area (Å²) < 4.78 is 5.61. The zero-order chi connectivity index (χ0) is 13.0. The van der Waals surface area contributed by atoms with E-state index in [1.54, 1.807) is 18.3 Å². The summed E-state index contributed by atoms with van der Waals surface area (Å²) >= 11 is 0. The topological polar surface area (TPSA) is 72.0 Å². The second-order valence-corrected chi connectivity index (χ2v) is 3.90. The number of benzene rings is 1. The maximum atomic E-state index is 7.36. The monoisotopic (exact) mass is 241 g/mol. The molecule has 2 aromatic rings. The summed E-state index contributed by atoms with van der Waals surface area (Å²) in [6.45, 7) is 2.10. The summed E-state index contributed by atoms with van der Waals surface area (Å²) in [7, 11) is 0. The van der Waals surface area contributed by atoms with Crippen molar-refractivity contribution in [2.24, 2.45) is 5.73 Å². The van der Waals surface area contributed by atoms with E-state index in [-0.39, 0.29) is 5.84 Å². The number of nitrogen functional groups attached to an aromatic ring is 1. The molecule has 0 atom stereocenters. The van der Waals surface area contributed by atoms with E-state index in [0.717, 1.165) is 12.2 Å². The van der Waals surface area contributed by atoms with Crippen LogP contribution in [0.1, 0.15) is 18.1 Å². The van der Waals surface area contributed by atoms with E-state index in [1.165, 1.54) is 5.56 Å². The van der Waals surface area contributed by atoms with Crippen molar-refractivity contribution in [3.8, 4) is 11.6 Å². The summed E-state index contributed by atoms with van der Waals surface area (Å²) in [6, 6.07) is 11.2. The third kappa shape index (κ3) is 2.85. The van der Waals surface area contributed by atoms with Crippen LogP contribution < -0.4 is 10.5 Å². The second-order valence-electron chi connectivity index (χ2n) is 3.90. The van der Waals surface area contributed by atoms with Crippen LogP contribution in [0.4, 0.5) is 0 Å². The van der Waals surface area contributed by atoms with Crippen LogP contribution in [0.2, 0.25) is 0 Å². The molecule has 4 nitrogen and oxygen atoms in total. The maximum absolute atomic E-state index is 7.36. The minimum absolute atomic E-state index is 0.00332. The van der Waals surface area contributed by atoms with Gasteiger partial charge in [-0.25, -0.2) is 4.98 Å². The molecule has 0 aliphatic carbocycles. The number of amidine groups is 1. The third-order valence-electron chi connectivity index (χ3n) is 2.60. The smallest absolute Gasteiger partial charge is 0.219 e. The van der Waals surface area contributed by atoms with Crippen LogP contribution in [-0.4, -0.2) is 10.8 Å². The third-order valence-corrected chi connectivity index (χ3v) is 2.60. The standard InChI is InChI=1S/C14H15N3O/c1-2-10-3-5-12(6-4-10)18-13-9-11(14(15)16)7-8-17-13/h3-9H,2H2,1H3,(H3,15,16). The molecule has 0 aliphatic heterocycles. The molecule has 18 heavy (non-hydrogen) atoms. The van der Waals surface area contributed by atoms with Crippen molar-refractivity contribution < 1.29 is 4.74 Å². The van der Waals surface area contributed by atoms with Gasteiger partial charge in [0.25, 0.3) is 0 Å². The number of aromatic nitrogens is 1. The van der Waals surface area contributed by atoms with Crippen molar-refractivity contribution >= 4 is 5.84 Å². The molecule has 0 amide bonds. The number of rotatable bonds is 4. The van der Waals surface area contributed by atoms with E-state index in [0.29, 0.717) is 11.4 Å². The molecule has 0 radical (unpaired) electrons. The van der Waals surface area contributed by atoms with Crippen LogP contribution in [0.15, 0.2) is 42.6 Å². The van der Waals surface area contributed by atoms with Crippen LogP contribution in [0, 0.1) is 5.41 Å². The first-order chi connectivity index (χ1) is 8.69. The van der Waals surface area contributed by atoms with Gasteiger partial charge in [0.1, 0.15) is 11.6 Å². The highest BCUT2D eigenvalue weighted by Crippen LogP contribution is 2.20. The number of pyridine rings is 1. The number of hydrogen-bond donors (Lipinski definition) is 2. The first-order valence-electron chi connectivity index (χ1n) is 5.76. The van der Waals surface area contributed by atoms with Crippen LogP contribution >= 0.6 is 0 Å². The molecule has 0 saturated heterocycles. The van der Waals surface area contributed by atoms with E-state index in [9.17, 15) is 0 Å². The molecular formula is C14H15N3O. The molecule has 92 valence electrons. The fraction of sp³-hybridized carbons (Fsp3) is 0.143. The van der Waals surface area contributed by atoms with Gasteiger partial charge in [-0.15, -0.1) is 0 Å². The van der Waals surface area contributed by atoms with Gasteiger partial charge in [-0.3, -0.25) is 5.41 Å². The average molecular weight is 241 g/mol. The molecule has 0 bridgehead atoms. The molecule has 0 aliphatic rings. The number of nitrogens with zero attached hydrogens (tertiary/aromatic N) is 1. The van der Waals surface area contributed by atoms with Crippen molar-refractivity contribution in [1.82, 2.24) is 4.98 Å². The Bertz CT molecular complexity index is 549. The summed E-state index contributed by atoms with van der Waals surface area (Å²) in [4.78, 5) is 4.09. The largest absolute Gasteiger partial charge is 0.439 e. The Balaban J connectivity index is 2.17. The van der Waals surface area contributed by atoms with Gasteiger partial charge in [0.15, 0.2) is 0 Å². The lowest BCUT2D eigenvalue weighted by atomic mass is 10.2. The molecule has 2 rings (SSSR count). The molecule has 4 heteroatoms. The summed E-state index contributed by atoms with van der Waals surface area (Å²) in [5, 5.41) is 7.36. The van der Waals surface area contributed by atoms with Gasteiger partial charge in [-0.2, -0.15) is 0 Å². The highest BCUT2D eigenvalue weighted by molar-refractivity contribution is 5.95. The summed E-state index contributed by atoms with van der Waals surface area (Å²) in [6.07, 6.45) is 2.57. The van der Waals surface area contributed by atoms with Gasteiger partial charge in [0.2, 0.25) is 5.88 Å². The molecule has 1 aromatic carbocycles. The van der Waals surface area contributed by atoms with Crippen molar-refractivity contribution in [2.45, 2.75) is 13.3 Å². The molecule has 1 heterocycles. The van der Waals surface area contributed by atoms with Gasteiger partial charge in [-0.05, 0) is 30.2 Å². The quantitative estimate of drug-likeness (QED) is 0.638. The van der Waals surface area contributed by atoms with Gasteiger partial charge >= 0.3 is 0 Å². The Morgan fingerprint density at radius 2 is 2.00 bits per heavy atom. The SMILES string of the molecule is CCc1ccc(Oc2cc(C(=N)N)ccn2)cc1. The van der Waals surface area contributed by atoms with E-state index < -0.39 is 0 Å². The molecule has 0 unspecified atom stereocenters. The normalized spacial score (nSPS) is 10.1. The van der Waals surface area contributed by atoms with Gasteiger partial charge < -0.3 is 10.5 Å². The Morgan fingerprint density at radius 1 is 1.28 bits per heavy atom. The maximum Gasteiger partial charge on any atom is 0.219 e. The zero-order valence-electron chi connectivity index (χ0n) is 10.2. The fourth-order valence-electron chi connectivity index (χ4n) is 1.55. The molecule has 1 aromatic heterocycles. The highest BCUT2D eigenvalue weighted by Gasteiger charge is 2.02. The molecule has 3 N–H and O–H groups in total. The highest BCUT2D eigenvalue weighted by atomic mass is 16.5. The number of hydrogen-bond acceptors (Lipinski definition) is 3. The lowest BCUT2D eigenvalue weighted by Gasteiger charge is -2.06. The lowest BCUT2D eigenvalue weighted by molar-refractivity contribution is 0.462. The molecule has 0 spiro atoms. The van der Waals surface area contributed by atoms with Crippen LogP contribution in [0.25, 0.3) is 0 Å². The van der Waals surface area contributed by atoms with E-state index in [4.69, 9.17) is 15.9 Å². The first-order valence-corrected chi connectivity index (χ1v) is 5.76. The lowest BCUT2D eigenvalue weighted by Crippen LogP contribution is -2.11. The van der Waals surface area contributed by atoms with Crippen molar-refractivity contribution in [1.29, 1.82) is 5.41 Å². The average Bonchev–Trinajstić information content (AvgIpc) is 2.40. The molecule has 0 fully saturated rings. The van der Waals surface area contributed by atoms with Crippen molar-refractivity contribution in [3.05, 3.63) is 53.7 Å². The minimum atomic E-state index is 0.00332. The summed E-state index contributed by atoms with van der Waals surface area (Å²) in [5.74, 6) is 1.16. The Hall–Kier alpha value is -2.36. The number of aryl methyl sites for hydroxylation is 1. The van der Waals surface area contributed by atoms with E-state index in [2.05, 4.69) is 11.9 Å². The van der Waals surface area contributed by atoms with Gasteiger partial charge in [0.05, 0.1) is 0 Å². The molecular weight excluding hydrogens is 226 g/mol. The van der Waals surface area contributed by atoms with Gasteiger partial charge in [-0.1, -0.05) is 19.1 Å². The predicted octanol–water partition coefficient (Wildman–Crippen LogP) is 2.72. The zero-order valence-corrected chi connectivity index (χ0v) is 10.2. The van der Waals surface area contributed by atoms with Crippen LogP contribution in [0.5, 0.6) is 11.6 Å². The summed E-state index contributed by atoms with van der Waals surface area (Å²) in [5.41, 5.74) is 7.27. The predicted molar refractivity (Wildman–Crippen MR) is 71.1 cm³/mol. The van der Waals surface area contributed by atoms with E-state index in [1.807, 2.05) is 24.3 Å². The fourth-order valence-corrected chi connectivity index (χ4v) is 1.55. The van der Waals surface area contributed by atoms with Crippen molar-refractivity contribution in [2.75, 3.05) is 0 Å². The Kier molecular flexibility index (Phi) is 3.57. The van der Waals surface area contributed by atoms with Crippen molar-refractivity contribution in [3.63, 3.8) is 0 Å². The Morgan fingerprint density at radius 3 is 2.61 bits per heavy atom. The number of ether oxygens (including phenoxy) is 1. The first kappa shape index (κ1) is 12.1. The van der Waals surface area contributed by atoms with E-state index >= 15 is 0 Å². The Labute approximate surface area is 106 Å². The van der Waals surface area contributed by atoms with Crippen LogP contribution in [0.3, 0.4) is 0 Å². The minimum Gasteiger partial charge on any atom is -0.439 e. The van der Waals surface area contributed by atoms with Crippen LogP contribution in [-0.2, 0) is 6.42 Å². The molecule has 0 saturated carbocycles. The number of nitrogens with two attached hydrogens (primary N) is 1. The second kappa shape index (κ2) is 5.31. The number of nitrogens with one attached hydrogen (secondary N) is 1. The van der Waals surface area contributed by atoms with Gasteiger partial charge in [0, 0.05) is 17.8 Å².